The number of halogens is 3. The summed E-state index contributed by atoms with van der Waals surface area (Å²) in [6, 6.07) is 4.70. The topological polar surface area (TPSA) is 43.4 Å². The number of carbonyl (C=O) groups is 2. The first kappa shape index (κ1) is 15.5. The maximum atomic E-state index is 12.8. The van der Waals surface area contributed by atoms with E-state index in [4.69, 9.17) is 4.74 Å². The SMILES string of the molecule is COC(=O)C1(c2cccc(C(F)(F)F)c2)CCC(=O)CC1. The molecule has 0 aromatic heterocycles. The molecule has 21 heavy (non-hydrogen) atoms. The van der Waals surface area contributed by atoms with Gasteiger partial charge in [0, 0.05) is 12.8 Å². The Labute approximate surface area is 120 Å². The zero-order valence-electron chi connectivity index (χ0n) is 11.5. The minimum atomic E-state index is -4.47. The third-order valence-electron chi connectivity index (χ3n) is 3.98. The zero-order chi connectivity index (χ0) is 15.7. The summed E-state index contributed by atoms with van der Waals surface area (Å²) in [7, 11) is 1.20. The van der Waals surface area contributed by atoms with Crippen molar-refractivity contribution < 1.29 is 27.5 Å². The second kappa shape index (κ2) is 5.50. The van der Waals surface area contributed by atoms with E-state index in [9.17, 15) is 22.8 Å². The largest absolute Gasteiger partial charge is 0.468 e. The van der Waals surface area contributed by atoms with Gasteiger partial charge in [-0.15, -0.1) is 0 Å². The van der Waals surface area contributed by atoms with Crippen LogP contribution in [0.4, 0.5) is 13.2 Å². The van der Waals surface area contributed by atoms with Gasteiger partial charge in [0.1, 0.15) is 5.78 Å². The summed E-state index contributed by atoms with van der Waals surface area (Å²) in [6.07, 6.45) is -3.77. The van der Waals surface area contributed by atoms with Gasteiger partial charge in [0.15, 0.2) is 0 Å². The Morgan fingerprint density at radius 3 is 2.38 bits per heavy atom. The fourth-order valence-corrected chi connectivity index (χ4v) is 2.75. The first-order valence-corrected chi connectivity index (χ1v) is 6.57. The molecule has 1 aliphatic carbocycles. The molecule has 0 aliphatic heterocycles. The Kier molecular flexibility index (Phi) is 4.07. The first-order valence-electron chi connectivity index (χ1n) is 6.57. The third-order valence-corrected chi connectivity index (χ3v) is 3.98. The van der Waals surface area contributed by atoms with Crippen molar-refractivity contribution in [2.45, 2.75) is 37.3 Å². The average molecular weight is 300 g/mol. The van der Waals surface area contributed by atoms with Gasteiger partial charge < -0.3 is 4.74 Å². The third kappa shape index (κ3) is 2.94. The van der Waals surface area contributed by atoms with Crippen molar-refractivity contribution in [2.24, 2.45) is 0 Å². The number of carbonyl (C=O) groups excluding carboxylic acids is 2. The molecule has 0 unspecified atom stereocenters. The van der Waals surface area contributed by atoms with E-state index in [1.165, 1.54) is 19.2 Å². The summed E-state index contributed by atoms with van der Waals surface area (Å²) in [4.78, 5) is 23.5. The normalized spacial score (nSPS) is 18.4. The van der Waals surface area contributed by atoms with E-state index in [1.807, 2.05) is 0 Å². The molecule has 1 aromatic carbocycles. The van der Waals surface area contributed by atoms with Crippen LogP contribution < -0.4 is 0 Å². The molecule has 6 heteroatoms. The fraction of sp³-hybridized carbons (Fsp3) is 0.467. The summed E-state index contributed by atoms with van der Waals surface area (Å²) < 4.78 is 43.3. The maximum Gasteiger partial charge on any atom is 0.416 e. The summed E-state index contributed by atoms with van der Waals surface area (Å²) in [5, 5.41) is 0. The molecule has 0 bridgehead atoms. The molecule has 114 valence electrons. The molecular weight excluding hydrogens is 285 g/mol. The lowest BCUT2D eigenvalue weighted by molar-refractivity contribution is -0.150. The molecule has 0 amide bonds. The van der Waals surface area contributed by atoms with Crippen LogP contribution >= 0.6 is 0 Å². The molecule has 0 heterocycles. The number of hydrogen-bond donors (Lipinski definition) is 0. The fourth-order valence-electron chi connectivity index (χ4n) is 2.75. The molecule has 1 aromatic rings. The monoisotopic (exact) mass is 300 g/mol. The van der Waals surface area contributed by atoms with Crippen LogP contribution in [0.25, 0.3) is 0 Å². The zero-order valence-corrected chi connectivity index (χ0v) is 11.5. The molecule has 0 spiro atoms. The second-order valence-corrected chi connectivity index (χ2v) is 5.19. The van der Waals surface area contributed by atoms with Crippen LogP contribution in [0.2, 0.25) is 0 Å². The van der Waals surface area contributed by atoms with E-state index in [1.54, 1.807) is 0 Å². The number of Topliss-reactive ketones (excluding diaryl/α,β-unsaturated/α-hetero) is 1. The molecule has 0 atom stereocenters. The van der Waals surface area contributed by atoms with Gasteiger partial charge >= 0.3 is 12.1 Å². The van der Waals surface area contributed by atoms with Crippen LogP contribution in [0.5, 0.6) is 0 Å². The van der Waals surface area contributed by atoms with E-state index in [0.29, 0.717) is 0 Å². The molecule has 1 saturated carbocycles. The molecule has 0 N–H and O–H groups in total. The highest BCUT2D eigenvalue weighted by molar-refractivity contribution is 5.88. The van der Waals surface area contributed by atoms with Crippen LogP contribution in [-0.2, 0) is 25.9 Å². The highest BCUT2D eigenvalue weighted by Gasteiger charge is 2.45. The van der Waals surface area contributed by atoms with Crippen LogP contribution in [0.3, 0.4) is 0 Å². The molecule has 0 saturated heterocycles. The highest BCUT2D eigenvalue weighted by atomic mass is 19.4. The van der Waals surface area contributed by atoms with Crippen molar-refractivity contribution in [3.8, 4) is 0 Å². The Balaban J connectivity index is 2.47. The van der Waals surface area contributed by atoms with Crippen LogP contribution in [0.15, 0.2) is 24.3 Å². The smallest absolute Gasteiger partial charge is 0.416 e. The van der Waals surface area contributed by atoms with Gasteiger partial charge in [-0.25, -0.2) is 0 Å². The molecular formula is C15H15F3O3. The lowest BCUT2D eigenvalue weighted by Gasteiger charge is -2.34. The minimum absolute atomic E-state index is 0.0153. The van der Waals surface area contributed by atoms with Gasteiger partial charge in [-0.05, 0) is 24.5 Å². The predicted molar refractivity (Wildman–Crippen MR) is 68.6 cm³/mol. The van der Waals surface area contributed by atoms with Crippen molar-refractivity contribution in [3.63, 3.8) is 0 Å². The van der Waals surface area contributed by atoms with Gasteiger partial charge in [-0.3, -0.25) is 9.59 Å². The number of alkyl halides is 3. The van der Waals surface area contributed by atoms with Crippen molar-refractivity contribution in [2.75, 3.05) is 7.11 Å². The molecule has 1 aliphatic rings. The quantitative estimate of drug-likeness (QED) is 0.787. The van der Waals surface area contributed by atoms with Crippen molar-refractivity contribution in [1.82, 2.24) is 0 Å². The number of methoxy groups -OCH3 is 1. The van der Waals surface area contributed by atoms with E-state index in [2.05, 4.69) is 0 Å². The molecule has 2 rings (SSSR count). The number of ether oxygens (including phenoxy) is 1. The minimum Gasteiger partial charge on any atom is -0.468 e. The van der Waals surface area contributed by atoms with E-state index >= 15 is 0 Å². The molecule has 3 nitrogen and oxygen atoms in total. The highest BCUT2D eigenvalue weighted by Crippen LogP contribution is 2.41. The Morgan fingerprint density at radius 2 is 1.86 bits per heavy atom. The first-order chi connectivity index (χ1) is 9.79. The van der Waals surface area contributed by atoms with E-state index in [0.717, 1.165) is 12.1 Å². The number of esters is 1. The van der Waals surface area contributed by atoms with E-state index < -0.39 is 23.1 Å². The lowest BCUT2D eigenvalue weighted by Crippen LogP contribution is -2.41. The Hall–Kier alpha value is -1.85. The number of rotatable bonds is 2. The summed E-state index contributed by atoms with van der Waals surface area (Å²) in [6.45, 7) is 0. The number of ketones is 1. The molecule has 1 fully saturated rings. The predicted octanol–water partition coefficient (Wildman–Crippen LogP) is 3.26. The van der Waals surface area contributed by atoms with Crippen LogP contribution in [0, 0.1) is 0 Å². The van der Waals surface area contributed by atoms with E-state index in [-0.39, 0.29) is 37.0 Å². The Morgan fingerprint density at radius 1 is 1.24 bits per heavy atom. The summed E-state index contributed by atoms with van der Waals surface area (Å²) in [5.74, 6) is -0.573. The maximum absolute atomic E-state index is 12.8. The van der Waals surface area contributed by atoms with Crippen molar-refractivity contribution in [1.29, 1.82) is 0 Å². The molecule has 0 radical (unpaired) electrons. The summed E-state index contributed by atoms with van der Waals surface area (Å²) >= 11 is 0. The lowest BCUT2D eigenvalue weighted by atomic mass is 9.69. The standard InChI is InChI=1S/C15H15F3O3/c1-21-13(20)14(7-5-12(19)6-8-14)10-3-2-4-11(9-10)15(16,17)18/h2-4,9H,5-8H2,1H3. The van der Waals surface area contributed by atoms with Gasteiger partial charge in [-0.1, -0.05) is 18.2 Å². The summed E-state index contributed by atoms with van der Waals surface area (Å²) in [5.41, 5.74) is -1.71. The van der Waals surface area contributed by atoms with Crippen LogP contribution in [-0.4, -0.2) is 18.9 Å². The number of benzene rings is 1. The van der Waals surface area contributed by atoms with Gasteiger partial charge in [0.05, 0.1) is 18.1 Å². The van der Waals surface area contributed by atoms with Crippen LogP contribution in [0.1, 0.15) is 36.8 Å². The van der Waals surface area contributed by atoms with Crippen molar-refractivity contribution in [3.05, 3.63) is 35.4 Å². The van der Waals surface area contributed by atoms with Gasteiger partial charge in [0.2, 0.25) is 0 Å². The number of hydrogen-bond acceptors (Lipinski definition) is 3. The Bertz CT molecular complexity index is 554. The second-order valence-electron chi connectivity index (χ2n) is 5.19. The average Bonchev–Trinajstić information content (AvgIpc) is 2.47. The van der Waals surface area contributed by atoms with Gasteiger partial charge in [-0.2, -0.15) is 13.2 Å². The van der Waals surface area contributed by atoms with Crippen molar-refractivity contribution >= 4 is 11.8 Å². The van der Waals surface area contributed by atoms with Gasteiger partial charge in [0.25, 0.3) is 0 Å².